The van der Waals surface area contributed by atoms with E-state index in [2.05, 4.69) is 5.32 Å². The lowest BCUT2D eigenvalue weighted by molar-refractivity contribution is -0.140. The molecule has 3 aromatic rings. The average molecular weight is 456 g/mol. The Kier molecular flexibility index (Phi) is 6.50. The molecule has 32 heavy (non-hydrogen) atoms. The number of benzene rings is 3. The smallest absolute Gasteiger partial charge is 0.366 e. The van der Waals surface area contributed by atoms with Gasteiger partial charge in [-0.3, -0.25) is 0 Å². The molecule has 0 saturated heterocycles. The second-order valence-corrected chi connectivity index (χ2v) is 7.25. The van der Waals surface area contributed by atoms with Crippen LogP contribution >= 0.6 is 0 Å². The standard InChI is InChI=1S/C23H19F7N2/c1-13-14(10-11-18(20(13)24)23(28,29)30)12-15-6-2-5-9-19(15)32-21(31)16-7-3-4-8-17(16)22(25,26)27/h2-11,21,32H,12,31H2,1H3. The summed E-state index contributed by atoms with van der Waals surface area (Å²) in [7, 11) is 0. The summed E-state index contributed by atoms with van der Waals surface area (Å²) in [5, 5.41) is 2.83. The summed E-state index contributed by atoms with van der Waals surface area (Å²) in [6.07, 6.45) is -10.6. The molecule has 0 saturated carbocycles. The van der Waals surface area contributed by atoms with Crippen LogP contribution in [-0.4, -0.2) is 0 Å². The van der Waals surface area contributed by atoms with Gasteiger partial charge in [-0.1, -0.05) is 42.5 Å². The summed E-state index contributed by atoms with van der Waals surface area (Å²) in [5.41, 5.74) is 4.71. The minimum atomic E-state index is -4.81. The van der Waals surface area contributed by atoms with Crippen molar-refractivity contribution in [2.75, 3.05) is 5.32 Å². The van der Waals surface area contributed by atoms with Crippen LogP contribution in [0.5, 0.6) is 0 Å². The molecule has 0 aromatic heterocycles. The lowest BCUT2D eigenvalue weighted by Gasteiger charge is -2.22. The molecule has 3 aromatic carbocycles. The highest BCUT2D eigenvalue weighted by molar-refractivity contribution is 5.55. The summed E-state index contributed by atoms with van der Waals surface area (Å²) in [6.45, 7) is 1.25. The Morgan fingerprint density at radius 2 is 1.38 bits per heavy atom. The molecule has 0 aliphatic carbocycles. The van der Waals surface area contributed by atoms with Crippen molar-refractivity contribution in [1.82, 2.24) is 0 Å². The van der Waals surface area contributed by atoms with Gasteiger partial charge in [0.15, 0.2) is 0 Å². The molecule has 1 atom stereocenters. The van der Waals surface area contributed by atoms with Gasteiger partial charge in [-0.25, -0.2) is 4.39 Å². The summed E-state index contributed by atoms with van der Waals surface area (Å²) in [6, 6.07) is 13.3. The molecular weight excluding hydrogens is 437 g/mol. The van der Waals surface area contributed by atoms with Crippen molar-refractivity contribution in [3.63, 3.8) is 0 Å². The molecule has 0 aliphatic rings. The Bertz CT molecular complexity index is 1100. The Morgan fingerprint density at radius 1 is 0.781 bits per heavy atom. The van der Waals surface area contributed by atoms with E-state index in [1.54, 1.807) is 24.3 Å². The Labute approximate surface area is 179 Å². The molecule has 0 spiro atoms. The summed E-state index contributed by atoms with van der Waals surface area (Å²) >= 11 is 0. The van der Waals surface area contributed by atoms with Crippen molar-refractivity contribution in [2.45, 2.75) is 31.9 Å². The van der Waals surface area contributed by atoms with Crippen LogP contribution in [0.25, 0.3) is 0 Å². The molecule has 9 heteroatoms. The zero-order valence-corrected chi connectivity index (χ0v) is 16.8. The minimum absolute atomic E-state index is 0.0533. The quantitative estimate of drug-likeness (QED) is 0.326. The number of nitrogens with one attached hydrogen (secondary N) is 1. The molecule has 0 heterocycles. The minimum Gasteiger partial charge on any atom is -0.366 e. The first kappa shape index (κ1) is 23.6. The van der Waals surface area contributed by atoms with Crippen LogP contribution in [0, 0.1) is 12.7 Å². The van der Waals surface area contributed by atoms with Crippen LogP contribution in [0.2, 0.25) is 0 Å². The largest absolute Gasteiger partial charge is 0.419 e. The third-order valence-electron chi connectivity index (χ3n) is 5.11. The molecule has 3 N–H and O–H groups in total. The van der Waals surface area contributed by atoms with Crippen molar-refractivity contribution in [2.24, 2.45) is 5.73 Å². The van der Waals surface area contributed by atoms with Gasteiger partial charge in [-0.2, -0.15) is 26.3 Å². The first-order chi connectivity index (χ1) is 14.9. The van der Waals surface area contributed by atoms with Crippen LogP contribution < -0.4 is 11.1 Å². The van der Waals surface area contributed by atoms with Crippen LogP contribution in [0.3, 0.4) is 0 Å². The number of rotatable bonds is 5. The van der Waals surface area contributed by atoms with Crippen molar-refractivity contribution in [1.29, 1.82) is 0 Å². The lowest BCUT2D eigenvalue weighted by Crippen LogP contribution is -2.24. The van der Waals surface area contributed by atoms with Crippen molar-refractivity contribution in [3.8, 4) is 0 Å². The molecule has 170 valence electrons. The summed E-state index contributed by atoms with van der Waals surface area (Å²) in [5.74, 6) is -1.35. The monoisotopic (exact) mass is 456 g/mol. The van der Waals surface area contributed by atoms with Gasteiger partial charge in [-0.05, 0) is 48.2 Å². The fourth-order valence-corrected chi connectivity index (χ4v) is 3.43. The van der Waals surface area contributed by atoms with Crippen LogP contribution in [0.4, 0.5) is 36.4 Å². The first-order valence-corrected chi connectivity index (χ1v) is 9.51. The van der Waals surface area contributed by atoms with Crippen LogP contribution in [-0.2, 0) is 18.8 Å². The molecule has 0 fully saturated rings. The van der Waals surface area contributed by atoms with Gasteiger partial charge < -0.3 is 11.1 Å². The summed E-state index contributed by atoms with van der Waals surface area (Å²) in [4.78, 5) is 0. The fourth-order valence-electron chi connectivity index (χ4n) is 3.43. The van der Waals surface area contributed by atoms with Gasteiger partial charge in [0, 0.05) is 11.3 Å². The molecule has 0 aliphatic heterocycles. The molecule has 0 amide bonds. The third kappa shape index (κ3) is 5.04. The van der Waals surface area contributed by atoms with E-state index in [0.717, 1.165) is 6.07 Å². The van der Waals surface area contributed by atoms with Gasteiger partial charge in [0.25, 0.3) is 0 Å². The number of para-hydroxylation sites is 1. The average Bonchev–Trinajstić information content (AvgIpc) is 2.71. The van der Waals surface area contributed by atoms with Gasteiger partial charge >= 0.3 is 12.4 Å². The maximum atomic E-state index is 14.3. The highest BCUT2D eigenvalue weighted by atomic mass is 19.4. The van der Waals surface area contributed by atoms with E-state index in [1.165, 1.54) is 31.2 Å². The third-order valence-corrected chi connectivity index (χ3v) is 5.11. The van der Waals surface area contributed by atoms with E-state index >= 15 is 0 Å². The van der Waals surface area contributed by atoms with E-state index in [1.807, 2.05) is 0 Å². The summed E-state index contributed by atoms with van der Waals surface area (Å²) < 4.78 is 93.0. The topological polar surface area (TPSA) is 38.0 Å². The van der Waals surface area contributed by atoms with Gasteiger partial charge in [0.1, 0.15) is 12.0 Å². The van der Waals surface area contributed by atoms with Crippen molar-refractivity contribution in [3.05, 3.63) is 99.9 Å². The molecular formula is C23H19F7N2. The predicted molar refractivity (Wildman–Crippen MR) is 107 cm³/mol. The predicted octanol–water partition coefficient (Wildman–Crippen LogP) is 6.83. The number of hydrogen-bond acceptors (Lipinski definition) is 2. The molecule has 1 unspecified atom stereocenters. The Balaban J connectivity index is 1.91. The number of alkyl halides is 6. The van der Waals surface area contributed by atoms with E-state index in [4.69, 9.17) is 5.73 Å². The zero-order chi connectivity index (χ0) is 23.7. The van der Waals surface area contributed by atoms with E-state index in [9.17, 15) is 30.7 Å². The van der Waals surface area contributed by atoms with Crippen molar-refractivity contribution < 1.29 is 30.7 Å². The van der Waals surface area contributed by atoms with Gasteiger partial charge in [0.05, 0.1) is 11.1 Å². The second-order valence-electron chi connectivity index (χ2n) is 7.25. The Morgan fingerprint density at radius 3 is 2.03 bits per heavy atom. The van der Waals surface area contributed by atoms with Gasteiger partial charge in [0.2, 0.25) is 0 Å². The normalized spacial score (nSPS) is 13.2. The number of hydrogen-bond donors (Lipinski definition) is 2. The SMILES string of the molecule is Cc1c(Cc2ccccc2NC(N)c2ccccc2C(F)(F)F)ccc(C(F)(F)F)c1F. The number of halogens is 7. The van der Waals surface area contributed by atoms with E-state index in [0.29, 0.717) is 22.9 Å². The van der Waals surface area contributed by atoms with Crippen LogP contribution in [0.15, 0.2) is 60.7 Å². The molecule has 0 radical (unpaired) electrons. The zero-order valence-electron chi connectivity index (χ0n) is 16.8. The van der Waals surface area contributed by atoms with Crippen molar-refractivity contribution >= 4 is 5.69 Å². The second kappa shape index (κ2) is 8.82. The van der Waals surface area contributed by atoms with E-state index in [-0.39, 0.29) is 17.5 Å². The number of nitrogens with two attached hydrogens (primary N) is 1. The lowest BCUT2D eigenvalue weighted by atomic mass is 9.96. The maximum absolute atomic E-state index is 14.3. The number of anilines is 1. The Hall–Kier alpha value is -3.07. The van der Waals surface area contributed by atoms with E-state index < -0.39 is 35.5 Å². The van der Waals surface area contributed by atoms with Gasteiger partial charge in [-0.15, -0.1) is 0 Å². The van der Waals surface area contributed by atoms with Crippen LogP contribution in [0.1, 0.15) is 39.5 Å². The molecule has 0 bridgehead atoms. The first-order valence-electron chi connectivity index (χ1n) is 9.51. The maximum Gasteiger partial charge on any atom is 0.419 e. The molecule has 3 rings (SSSR count). The highest BCUT2D eigenvalue weighted by Crippen LogP contribution is 2.36. The highest BCUT2D eigenvalue weighted by Gasteiger charge is 2.35. The fraction of sp³-hybridized carbons (Fsp3) is 0.217. The molecule has 2 nitrogen and oxygen atoms in total.